The Kier molecular flexibility index (Phi) is 4.60. The van der Waals surface area contributed by atoms with Crippen LogP contribution in [0, 0.1) is 5.92 Å². The van der Waals surface area contributed by atoms with Gasteiger partial charge in [-0.3, -0.25) is 4.79 Å². The molecule has 0 saturated carbocycles. The molecule has 0 fully saturated rings. The molecule has 1 aliphatic carbocycles. The van der Waals surface area contributed by atoms with E-state index in [9.17, 15) is 4.79 Å². The number of rotatable bonds is 1. The zero-order valence-electron chi connectivity index (χ0n) is 7.18. The average Bonchev–Trinajstić information content (AvgIpc) is 1.94. The van der Waals surface area contributed by atoms with Gasteiger partial charge in [-0.15, -0.1) is 0 Å². The normalized spacial score (nSPS) is 22.7. The predicted molar refractivity (Wildman–Crippen MR) is 53.5 cm³/mol. The summed E-state index contributed by atoms with van der Waals surface area (Å²) in [7, 11) is 0. The Morgan fingerprint density at radius 2 is 2.25 bits per heavy atom. The van der Waals surface area contributed by atoms with Crippen LogP contribution < -0.4 is 0 Å². The van der Waals surface area contributed by atoms with Crippen LogP contribution in [0.25, 0.3) is 0 Å². The number of Topliss-reactive ketones (excluding diaryl/α,β-unsaturated/α-hetero) is 1. The summed E-state index contributed by atoms with van der Waals surface area (Å²) < 4.78 is 0. The van der Waals surface area contributed by atoms with Crippen LogP contribution in [0.5, 0.6) is 0 Å². The molecule has 1 nitrogen and oxygen atoms in total. The monoisotopic (exact) mass is 158 g/mol. The van der Waals surface area contributed by atoms with Gasteiger partial charge >= 0.3 is 18.9 Å². The molecule has 0 aromatic rings. The van der Waals surface area contributed by atoms with E-state index >= 15 is 0 Å². The van der Waals surface area contributed by atoms with Gasteiger partial charge in [0.15, 0.2) is 5.78 Å². The van der Waals surface area contributed by atoms with Crippen LogP contribution in [0.4, 0.5) is 0 Å². The van der Waals surface area contributed by atoms with Crippen LogP contribution in [0.15, 0.2) is 23.8 Å². The van der Waals surface area contributed by atoms with E-state index in [-0.39, 0.29) is 24.6 Å². The van der Waals surface area contributed by atoms with Crippen molar-refractivity contribution >= 4 is 24.6 Å². The fourth-order valence-electron chi connectivity index (χ4n) is 1.28. The van der Waals surface area contributed by atoms with Crippen LogP contribution in [-0.4, -0.2) is 24.6 Å². The number of hydrogen-bond donors (Lipinski definition) is 0. The van der Waals surface area contributed by atoms with Gasteiger partial charge in [0.05, 0.1) is 0 Å². The van der Waals surface area contributed by atoms with Gasteiger partial charge in [0, 0.05) is 6.42 Å². The minimum atomic E-state index is 0. The van der Waals surface area contributed by atoms with Gasteiger partial charge in [-0.05, 0) is 31.8 Å². The van der Waals surface area contributed by atoms with Gasteiger partial charge in [-0.25, -0.2) is 0 Å². The van der Waals surface area contributed by atoms with Crippen LogP contribution >= 0.6 is 0 Å². The topological polar surface area (TPSA) is 17.1 Å². The Labute approximate surface area is 86.1 Å². The molecule has 2 heteroatoms. The molecule has 0 spiro atoms. The summed E-state index contributed by atoms with van der Waals surface area (Å²) in [5, 5.41) is 0. The fraction of sp³-hybridized carbons (Fsp3) is 0.500. The molecule has 1 aliphatic rings. The van der Waals surface area contributed by atoms with E-state index in [1.165, 1.54) is 0 Å². The third-order valence-corrected chi connectivity index (χ3v) is 2.28. The average molecular weight is 158 g/mol. The first-order valence-electron chi connectivity index (χ1n) is 3.96. The van der Waals surface area contributed by atoms with E-state index in [0.29, 0.717) is 12.3 Å². The van der Waals surface area contributed by atoms with E-state index in [2.05, 4.69) is 6.58 Å². The second-order valence-electron chi connectivity index (χ2n) is 3.29. The van der Waals surface area contributed by atoms with Crippen molar-refractivity contribution in [1.82, 2.24) is 0 Å². The molecule has 12 heavy (non-hydrogen) atoms. The van der Waals surface area contributed by atoms with Crippen molar-refractivity contribution in [2.24, 2.45) is 5.92 Å². The molecule has 1 rings (SSSR count). The minimum absolute atomic E-state index is 0. The number of carbonyl (C=O) groups excluding carboxylic acids is 1. The molecule has 0 heterocycles. The Bertz CT molecular complexity index is 228. The van der Waals surface area contributed by atoms with Gasteiger partial charge in [0.1, 0.15) is 0 Å². The fourth-order valence-corrected chi connectivity index (χ4v) is 1.28. The molecular weight excluding hydrogens is 143 g/mol. The molecule has 62 valence electrons. The van der Waals surface area contributed by atoms with E-state index < -0.39 is 0 Å². The molecule has 1 atom stereocenters. The van der Waals surface area contributed by atoms with Crippen molar-refractivity contribution in [3.8, 4) is 0 Å². The first kappa shape index (κ1) is 11.7. The van der Waals surface area contributed by atoms with E-state index in [1.54, 1.807) is 0 Å². The molecule has 0 saturated heterocycles. The summed E-state index contributed by atoms with van der Waals surface area (Å²) in [4.78, 5) is 11.2. The van der Waals surface area contributed by atoms with Crippen molar-refractivity contribution in [1.29, 1.82) is 0 Å². The molecule has 0 aromatic heterocycles. The maximum absolute atomic E-state index is 11.2. The van der Waals surface area contributed by atoms with E-state index in [1.807, 2.05) is 19.9 Å². The van der Waals surface area contributed by atoms with Gasteiger partial charge < -0.3 is 0 Å². The first-order valence-corrected chi connectivity index (χ1v) is 3.96. The zero-order chi connectivity index (χ0) is 8.43. The zero-order valence-corrected chi connectivity index (χ0v) is 7.18. The molecular formula is C10H15LiO. The quantitative estimate of drug-likeness (QED) is 0.420. The number of hydrogen-bond acceptors (Lipinski definition) is 1. The molecule has 0 amide bonds. The summed E-state index contributed by atoms with van der Waals surface area (Å²) in [5.41, 5.74) is 2.05. The van der Waals surface area contributed by atoms with Gasteiger partial charge in [-0.2, -0.15) is 0 Å². The molecule has 1 unspecified atom stereocenters. The van der Waals surface area contributed by atoms with Gasteiger partial charge in [0.2, 0.25) is 0 Å². The van der Waals surface area contributed by atoms with Crippen LogP contribution in [0.2, 0.25) is 0 Å². The Hall–Kier alpha value is -0.253. The van der Waals surface area contributed by atoms with Crippen molar-refractivity contribution in [2.75, 3.05) is 0 Å². The third-order valence-electron chi connectivity index (χ3n) is 2.28. The van der Waals surface area contributed by atoms with Crippen molar-refractivity contribution in [2.45, 2.75) is 26.7 Å². The number of allylic oxidation sites excluding steroid dienone is 3. The molecule has 0 N–H and O–H groups in total. The van der Waals surface area contributed by atoms with Crippen molar-refractivity contribution < 1.29 is 4.79 Å². The van der Waals surface area contributed by atoms with Crippen molar-refractivity contribution in [3.05, 3.63) is 23.8 Å². The second kappa shape index (κ2) is 4.70. The molecule has 0 bridgehead atoms. The first-order chi connectivity index (χ1) is 5.11. The number of carbonyl (C=O) groups is 1. The maximum atomic E-state index is 11.2. The summed E-state index contributed by atoms with van der Waals surface area (Å²) in [5.74, 6) is 0.676. The Morgan fingerprint density at radius 3 is 2.67 bits per heavy atom. The van der Waals surface area contributed by atoms with E-state index in [0.717, 1.165) is 17.6 Å². The number of ketones is 1. The molecule has 0 aliphatic heterocycles. The summed E-state index contributed by atoms with van der Waals surface area (Å²) in [6.07, 6.45) is 3.68. The third kappa shape index (κ3) is 2.66. The summed E-state index contributed by atoms with van der Waals surface area (Å²) >= 11 is 0. The molecule has 0 radical (unpaired) electrons. The second-order valence-corrected chi connectivity index (χ2v) is 3.29. The summed E-state index contributed by atoms with van der Waals surface area (Å²) in [6, 6.07) is 0. The predicted octanol–water partition coefficient (Wildman–Crippen LogP) is 1.84. The van der Waals surface area contributed by atoms with E-state index in [4.69, 9.17) is 0 Å². The van der Waals surface area contributed by atoms with Gasteiger partial charge in [0.25, 0.3) is 0 Å². The Morgan fingerprint density at radius 1 is 1.67 bits per heavy atom. The van der Waals surface area contributed by atoms with Gasteiger partial charge in [-0.1, -0.05) is 18.2 Å². The summed E-state index contributed by atoms with van der Waals surface area (Å²) in [6.45, 7) is 7.74. The van der Waals surface area contributed by atoms with Crippen LogP contribution in [0.3, 0.4) is 0 Å². The molecule has 0 aromatic carbocycles. The SMILES string of the molecule is C=C(C)C1CC=C(C)C(=O)C1.[LiH]. The van der Waals surface area contributed by atoms with Crippen LogP contribution in [-0.2, 0) is 4.79 Å². The standard InChI is InChI=1S/C10H14O.Li.H/c1-7(2)9-5-4-8(3)10(11)6-9;;/h4,9H,1,5-6H2,2-3H3;;. The van der Waals surface area contributed by atoms with Crippen LogP contribution in [0.1, 0.15) is 26.7 Å². The Balaban J connectivity index is 0.00000121. The van der Waals surface area contributed by atoms with Crippen molar-refractivity contribution in [3.63, 3.8) is 0 Å².